The van der Waals surface area contributed by atoms with E-state index in [-0.39, 0.29) is 17.4 Å². The molecule has 1 rings (SSSR count). The maximum atomic E-state index is 12.0. The quantitative estimate of drug-likeness (QED) is 0.771. The van der Waals surface area contributed by atoms with Crippen molar-refractivity contribution in [3.63, 3.8) is 0 Å². The zero-order valence-electron chi connectivity index (χ0n) is 10.5. The molecule has 3 heteroatoms. The number of carbonyl (C=O) groups is 1. The van der Waals surface area contributed by atoms with E-state index >= 15 is 0 Å². The number of hydrogen-bond donors (Lipinski definition) is 1. The highest BCUT2D eigenvalue weighted by molar-refractivity contribution is 5.82. The number of piperidine rings is 1. The Morgan fingerprint density at radius 2 is 1.93 bits per heavy atom. The van der Waals surface area contributed by atoms with Crippen LogP contribution < -0.4 is 5.32 Å². The number of hydrogen-bond acceptors (Lipinski definition) is 2. The van der Waals surface area contributed by atoms with Crippen LogP contribution in [-0.4, -0.2) is 36.5 Å². The van der Waals surface area contributed by atoms with E-state index < -0.39 is 0 Å². The lowest BCUT2D eigenvalue weighted by Crippen LogP contribution is -2.48. The van der Waals surface area contributed by atoms with Crippen LogP contribution in [0.2, 0.25) is 0 Å². The van der Waals surface area contributed by atoms with Crippen LogP contribution in [0.5, 0.6) is 0 Å². The lowest BCUT2D eigenvalue weighted by Gasteiger charge is -2.38. The van der Waals surface area contributed by atoms with Crippen molar-refractivity contribution in [3.8, 4) is 0 Å². The summed E-state index contributed by atoms with van der Waals surface area (Å²) in [6, 6.07) is 0.249. The topological polar surface area (TPSA) is 32.3 Å². The highest BCUT2D eigenvalue weighted by atomic mass is 16.2. The number of nitrogens with zero attached hydrogens (tertiary/aromatic N) is 1. The molecule has 1 fully saturated rings. The van der Waals surface area contributed by atoms with Crippen LogP contribution >= 0.6 is 0 Å². The molecule has 0 bridgehead atoms. The molecule has 1 N–H and O–H groups in total. The zero-order chi connectivity index (χ0) is 11.5. The van der Waals surface area contributed by atoms with Gasteiger partial charge in [0.1, 0.15) is 0 Å². The van der Waals surface area contributed by atoms with E-state index in [4.69, 9.17) is 0 Å². The number of likely N-dealkylation sites (tertiary alicyclic amines) is 1. The molecule has 0 saturated carbocycles. The van der Waals surface area contributed by atoms with Crippen LogP contribution in [-0.2, 0) is 4.79 Å². The van der Waals surface area contributed by atoms with Gasteiger partial charge >= 0.3 is 0 Å². The van der Waals surface area contributed by atoms with Crippen molar-refractivity contribution in [2.24, 2.45) is 5.41 Å². The molecule has 1 heterocycles. The Morgan fingerprint density at radius 1 is 1.40 bits per heavy atom. The van der Waals surface area contributed by atoms with Gasteiger partial charge in [0, 0.05) is 11.5 Å². The van der Waals surface area contributed by atoms with Crippen molar-refractivity contribution in [1.82, 2.24) is 10.2 Å². The van der Waals surface area contributed by atoms with Gasteiger partial charge in [-0.15, -0.1) is 0 Å². The van der Waals surface area contributed by atoms with Crippen molar-refractivity contribution in [2.45, 2.75) is 46.6 Å². The Hall–Kier alpha value is -0.570. The molecule has 3 nitrogen and oxygen atoms in total. The van der Waals surface area contributed by atoms with Gasteiger partial charge in [-0.05, 0) is 46.3 Å². The van der Waals surface area contributed by atoms with E-state index in [0.717, 1.165) is 32.5 Å². The van der Waals surface area contributed by atoms with Gasteiger partial charge in [0.15, 0.2) is 0 Å². The summed E-state index contributed by atoms with van der Waals surface area (Å²) < 4.78 is 0. The van der Waals surface area contributed by atoms with Gasteiger partial charge in [0.05, 0.1) is 0 Å². The Balaban J connectivity index is 2.50. The Labute approximate surface area is 93.2 Å². The van der Waals surface area contributed by atoms with Crippen molar-refractivity contribution in [1.29, 1.82) is 0 Å². The molecule has 0 spiro atoms. The fourth-order valence-corrected chi connectivity index (χ4v) is 2.03. The molecular weight excluding hydrogens is 188 g/mol. The number of rotatable bonds is 3. The molecule has 1 aliphatic rings. The lowest BCUT2D eigenvalue weighted by molar-refractivity contribution is -0.133. The first kappa shape index (κ1) is 12.5. The Morgan fingerprint density at radius 3 is 2.33 bits per heavy atom. The standard InChI is InChI=1S/C12H24N2O/c1-5-14-8-6-12(4,7-9-14)11(15)13-10(2)3/h10H,5-9H2,1-4H3,(H,13,15). The minimum Gasteiger partial charge on any atom is -0.353 e. The summed E-state index contributed by atoms with van der Waals surface area (Å²) >= 11 is 0. The largest absolute Gasteiger partial charge is 0.353 e. The van der Waals surface area contributed by atoms with E-state index in [1.54, 1.807) is 0 Å². The van der Waals surface area contributed by atoms with Crippen LogP contribution in [0.4, 0.5) is 0 Å². The molecule has 0 aromatic rings. The fourth-order valence-electron chi connectivity index (χ4n) is 2.03. The van der Waals surface area contributed by atoms with Crippen LogP contribution in [0.25, 0.3) is 0 Å². The number of nitrogens with one attached hydrogen (secondary N) is 1. The van der Waals surface area contributed by atoms with Gasteiger partial charge in [0.25, 0.3) is 0 Å². The molecular formula is C12H24N2O. The van der Waals surface area contributed by atoms with Gasteiger partial charge in [-0.2, -0.15) is 0 Å². The van der Waals surface area contributed by atoms with Crippen molar-refractivity contribution in [2.75, 3.05) is 19.6 Å². The van der Waals surface area contributed by atoms with Gasteiger partial charge in [-0.25, -0.2) is 0 Å². The van der Waals surface area contributed by atoms with E-state index in [2.05, 4.69) is 24.1 Å². The smallest absolute Gasteiger partial charge is 0.226 e. The van der Waals surface area contributed by atoms with Crippen LogP contribution in [0.15, 0.2) is 0 Å². The molecule has 0 aliphatic carbocycles. The third-order valence-corrected chi connectivity index (χ3v) is 3.37. The van der Waals surface area contributed by atoms with Gasteiger partial charge < -0.3 is 10.2 Å². The summed E-state index contributed by atoms with van der Waals surface area (Å²) in [7, 11) is 0. The minimum absolute atomic E-state index is 0.143. The number of carbonyl (C=O) groups excluding carboxylic acids is 1. The summed E-state index contributed by atoms with van der Waals surface area (Å²) in [6.07, 6.45) is 1.97. The number of amides is 1. The Kier molecular flexibility index (Phi) is 4.14. The summed E-state index contributed by atoms with van der Waals surface area (Å²) in [5.41, 5.74) is -0.143. The average molecular weight is 212 g/mol. The highest BCUT2D eigenvalue weighted by Gasteiger charge is 2.36. The SMILES string of the molecule is CCN1CCC(C)(C(=O)NC(C)C)CC1. The van der Waals surface area contributed by atoms with Crippen LogP contribution in [0.1, 0.15) is 40.5 Å². The van der Waals surface area contributed by atoms with E-state index in [0.29, 0.717) is 0 Å². The van der Waals surface area contributed by atoms with Gasteiger partial charge in [0.2, 0.25) is 5.91 Å². The zero-order valence-corrected chi connectivity index (χ0v) is 10.5. The first-order chi connectivity index (χ1) is 6.98. The lowest BCUT2D eigenvalue weighted by atomic mass is 9.79. The fraction of sp³-hybridized carbons (Fsp3) is 0.917. The van der Waals surface area contributed by atoms with Crippen molar-refractivity contribution >= 4 is 5.91 Å². The Bertz CT molecular complexity index is 218. The van der Waals surface area contributed by atoms with Crippen molar-refractivity contribution < 1.29 is 4.79 Å². The highest BCUT2D eigenvalue weighted by Crippen LogP contribution is 2.30. The molecule has 0 radical (unpaired) electrons. The predicted octanol–water partition coefficient (Wildman–Crippen LogP) is 1.63. The molecule has 0 unspecified atom stereocenters. The van der Waals surface area contributed by atoms with E-state index in [1.807, 2.05) is 13.8 Å². The predicted molar refractivity (Wildman–Crippen MR) is 62.7 cm³/mol. The second kappa shape index (κ2) is 4.97. The first-order valence-electron chi connectivity index (χ1n) is 6.01. The second-order valence-corrected chi connectivity index (χ2v) is 5.12. The summed E-state index contributed by atoms with van der Waals surface area (Å²) in [4.78, 5) is 14.4. The second-order valence-electron chi connectivity index (χ2n) is 5.12. The van der Waals surface area contributed by atoms with Gasteiger partial charge in [-0.1, -0.05) is 13.8 Å². The molecule has 0 aromatic heterocycles. The van der Waals surface area contributed by atoms with Gasteiger partial charge in [-0.3, -0.25) is 4.79 Å². The monoisotopic (exact) mass is 212 g/mol. The van der Waals surface area contributed by atoms with Crippen LogP contribution in [0, 0.1) is 5.41 Å². The maximum Gasteiger partial charge on any atom is 0.226 e. The van der Waals surface area contributed by atoms with Crippen LogP contribution in [0.3, 0.4) is 0 Å². The minimum atomic E-state index is -0.143. The molecule has 88 valence electrons. The van der Waals surface area contributed by atoms with E-state index in [1.165, 1.54) is 0 Å². The normalized spacial score (nSPS) is 21.7. The third kappa shape index (κ3) is 3.20. The molecule has 1 saturated heterocycles. The third-order valence-electron chi connectivity index (χ3n) is 3.37. The molecule has 15 heavy (non-hydrogen) atoms. The molecule has 0 aromatic carbocycles. The van der Waals surface area contributed by atoms with Crippen molar-refractivity contribution in [3.05, 3.63) is 0 Å². The summed E-state index contributed by atoms with van der Waals surface area (Å²) in [5, 5.41) is 3.03. The first-order valence-corrected chi connectivity index (χ1v) is 6.01. The molecule has 0 atom stereocenters. The molecule has 1 aliphatic heterocycles. The van der Waals surface area contributed by atoms with E-state index in [9.17, 15) is 4.79 Å². The molecule has 1 amide bonds. The average Bonchev–Trinajstić information content (AvgIpc) is 2.18. The summed E-state index contributed by atoms with van der Waals surface area (Å²) in [6.45, 7) is 11.5. The summed E-state index contributed by atoms with van der Waals surface area (Å²) in [5.74, 6) is 0.230. The maximum absolute atomic E-state index is 12.0.